The minimum absolute atomic E-state index is 0.144. The Morgan fingerprint density at radius 2 is 2.11 bits per heavy atom. The van der Waals surface area contributed by atoms with E-state index in [9.17, 15) is 9.18 Å². The summed E-state index contributed by atoms with van der Waals surface area (Å²) in [5.41, 5.74) is 2.35. The number of morpholine rings is 1. The maximum atomic E-state index is 13.1. The first kappa shape index (κ1) is 19.6. The molecule has 2 aromatic carbocycles. The van der Waals surface area contributed by atoms with E-state index in [4.69, 9.17) is 21.1 Å². The number of nitrogens with zero attached hydrogens (tertiary/aromatic N) is 1. The Labute approximate surface area is 163 Å². The third-order valence-electron chi connectivity index (χ3n) is 4.51. The average Bonchev–Trinajstić information content (AvgIpc) is 2.65. The van der Waals surface area contributed by atoms with Gasteiger partial charge in [-0.05, 0) is 36.2 Å². The van der Waals surface area contributed by atoms with E-state index in [2.05, 4.69) is 5.32 Å². The van der Waals surface area contributed by atoms with Crippen molar-refractivity contribution in [1.82, 2.24) is 4.90 Å². The predicted octanol–water partition coefficient (Wildman–Crippen LogP) is 3.81. The van der Waals surface area contributed by atoms with E-state index >= 15 is 0 Å². The molecule has 144 valence electrons. The highest BCUT2D eigenvalue weighted by atomic mass is 35.5. The van der Waals surface area contributed by atoms with Crippen LogP contribution in [0.2, 0.25) is 5.02 Å². The molecule has 27 heavy (non-hydrogen) atoms. The Kier molecular flexibility index (Phi) is 6.31. The van der Waals surface area contributed by atoms with Crippen LogP contribution in [0.4, 0.5) is 10.1 Å². The molecule has 3 rings (SSSR count). The Morgan fingerprint density at radius 3 is 2.81 bits per heavy atom. The number of rotatable bonds is 5. The number of anilines is 1. The fourth-order valence-electron chi connectivity index (χ4n) is 3.05. The number of methoxy groups -OCH3 is 1. The maximum absolute atomic E-state index is 13.1. The lowest BCUT2D eigenvalue weighted by Gasteiger charge is -2.32. The first-order valence-electron chi connectivity index (χ1n) is 8.69. The molecule has 1 saturated heterocycles. The van der Waals surface area contributed by atoms with Crippen LogP contribution in [-0.4, -0.2) is 44.2 Å². The van der Waals surface area contributed by atoms with E-state index in [-0.39, 0.29) is 24.4 Å². The van der Waals surface area contributed by atoms with E-state index in [1.165, 1.54) is 19.2 Å². The molecule has 5 nitrogen and oxygen atoms in total. The van der Waals surface area contributed by atoms with Gasteiger partial charge in [-0.2, -0.15) is 0 Å². The lowest BCUT2D eigenvalue weighted by atomic mass is 10.1. The number of amides is 1. The van der Waals surface area contributed by atoms with Gasteiger partial charge in [0.25, 0.3) is 0 Å². The van der Waals surface area contributed by atoms with Crippen LogP contribution in [0.1, 0.15) is 17.2 Å². The number of carbonyl (C=O) groups excluding carboxylic acids is 1. The molecule has 0 saturated carbocycles. The zero-order chi connectivity index (χ0) is 19.4. The summed E-state index contributed by atoms with van der Waals surface area (Å²) in [5.74, 6) is 0.0953. The van der Waals surface area contributed by atoms with Crippen LogP contribution in [0, 0.1) is 12.7 Å². The summed E-state index contributed by atoms with van der Waals surface area (Å²) >= 11 is 6.10. The molecule has 0 aromatic heterocycles. The molecule has 0 aliphatic carbocycles. The maximum Gasteiger partial charge on any atom is 0.238 e. The summed E-state index contributed by atoms with van der Waals surface area (Å²) in [6.07, 6.45) is -0.181. The van der Waals surface area contributed by atoms with Gasteiger partial charge in [-0.25, -0.2) is 4.39 Å². The molecule has 1 heterocycles. The SMILES string of the molecule is COc1cc(Cl)c(C)cc1NC(=O)CN1CCOC(c2ccc(F)cc2)C1. The quantitative estimate of drug-likeness (QED) is 0.840. The van der Waals surface area contributed by atoms with Crippen LogP contribution >= 0.6 is 11.6 Å². The van der Waals surface area contributed by atoms with Crippen molar-refractivity contribution in [3.8, 4) is 5.75 Å². The van der Waals surface area contributed by atoms with Crippen molar-refractivity contribution in [3.63, 3.8) is 0 Å². The van der Waals surface area contributed by atoms with Gasteiger partial charge in [-0.15, -0.1) is 0 Å². The van der Waals surface area contributed by atoms with Crippen molar-refractivity contribution in [3.05, 3.63) is 58.4 Å². The number of aryl methyl sites for hydroxylation is 1. The van der Waals surface area contributed by atoms with Gasteiger partial charge in [0, 0.05) is 24.2 Å². The molecule has 1 unspecified atom stereocenters. The highest BCUT2D eigenvalue weighted by Crippen LogP contribution is 2.31. The molecule has 1 N–H and O–H groups in total. The van der Waals surface area contributed by atoms with E-state index in [1.54, 1.807) is 24.3 Å². The second-order valence-electron chi connectivity index (χ2n) is 6.50. The monoisotopic (exact) mass is 392 g/mol. The molecule has 1 amide bonds. The highest BCUT2D eigenvalue weighted by Gasteiger charge is 2.24. The second kappa shape index (κ2) is 8.69. The zero-order valence-corrected chi connectivity index (χ0v) is 16.1. The van der Waals surface area contributed by atoms with Gasteiger partial charge in [0.1, 0.15) is 11.6 Å². The van der Waals surface area contributed by atoms with Crippen LogP contribution in [-0.2, 0) is 9.53 Å². The summed E-state index contributed by atoms with van der Waals surface area (Å²) in [6.45, 7) is 3.83. The summed E-state index contributed by atoms with van der Waals surface area (Å²) in [4.78, 5) is 14.5. The third kappa shape index (κ3) is 4.97. The summed E-state index contributed by atoms with van der Waals surface area (Å²) in [6, 6.07) is 9.74. The number of benzene rings is 2. The topological polar surface area (TPSA) is 50.8 Å². The van der Waals surface area contributed by atoms with Gasteiger partial charge in [0.05, 0.1) is 32.1 Å². The molecule has 0 spiro atoms. The average molecular weight is 393 g/mol. The first-order valence-corrected chi connectivity index (χ1v) is 9.07. The van der Waals surface area contributed by atoms with Crippen molar-refractivity contribution in [1.29, 1.82) is 0 Å². The number of nitrogens with one attached hydrogen (secondary N) is 1. The minimum atomic E-state index is -0.280. The standard InChI is InChI=1S/C20H22ClFN2O3/c1-13-9-17(18(26-2)10-16(13)21)23-20(25)12-24-7-8-27-19(11-24)14-3-5-15(22)6-4-14/h3-6,9-10,19H,7-8,11-12H2,1-2H3,(H,23,25). The van der Waals surface area contributed by atoms with Gasteiger partial charge in [-0.1, -0.05) is 23.7 Å². The van der Waals surface area contributed by atoms with Gasteiger partial charge >= 0.3 is 0 Å². The molecule has 1 fully saturated rings. The molecule has 1 aliphatic rings. The summed E-state index contributed by atoms with van der Waals surface area (Å²) < 4.78 is 24.2. The van der Waals surface area contributed by atoms with Crippen LogP contribution < -0.4 is 10.1 Å². The number of halogens is 2. The number of hydrogen-bond donors (Lipinski definition) is 1. The van der Waals surface area contributed by atoms with Gasteiger partial charge in [-0.3, -0.25) is 9.69 Å². The van der Waals surface area contributed by atoms with Crippen molar-refractivity contribution in [2.45, 2.75) is 13.0 Å². The third-order valence-corrected chi connectivity index (χ3v) is 4.92. The van der Waals surface area contributed by atoms with E-state index in [0.717, 1.165) is 11.1 Å². The molecule has 0 bridgehead atoms. The van der Waals surface area contributed by atoms with Crippen LogP contribution in [0.3, 0.4) is 0 Å². The number of hydrogen-bond acceptors (Lipinski definition) is 4. The smallest absolute Gasteiger partial charge is 0.238 e. The van der Waals surface area contributed by atoms with Gasteiger partial charge < -0.3 is 14.8 Å². The first-order chi connectivity index (χ1) is 13.0. The largest absolute Gasteiger partial charge is 0.495 e. The fraction of sp³-hybridized carbons (Fsp3) is 0.350. The molecular formula is C20H22ClFN2O3. The number of carbonyl (C=O) groups is 1. The Morgan fingerprint density at radius 1 is 1.37 bits per heavy atom. The predicted molar refractivity (Wildman–Crippen MR) is 103 cm³/mol. The fourth-order valence-corrected chi connectivity index (χ4v) is 3.20. The van der Waals surface area contributed by atoms with E-state index in [0.29, 0.717) is 36.2 Å². The zero-order valence-electron chi connectivity index (χ0n) is 15.3. The summed E-state index contributed by atoms with van der Waals surface area (Å²) in [5, 5.41) is 3.47. The van der Waals surface area contributed by atoms with Crippen molar-refractivity contribution in [2.75, 3.05) is 38.7 Å². The minimum Gasteiger partial charge on any atom is -0.495 e. The van der Waals surface area contributed by atoms with Crippen molar-refractivity contribution in [2.24, 2.45) is 0 Å². The molecule has 1 aliphatic heterocycles. The Bertz CT molecular complexity index is 814. The molecule has 1 atom stereocenters. The van der Waals surface area contributed by atoms with E-state index in [1.807, 2.05) is 11.8 Å². The molecule has 0 radical (unpaired) electrons. The van der Waals surface area contributed by atoms with Crippen LogP contribution in [0.25, 0.3) is 0 Å². The lowest BCUT2D eigenvalue weighted by Crippen LogP contribution is -2.42. The van der Waals surface area contributed by atoms with Crippen molar-refractivity contribution >= 4 is 23.2 Å². The van der Waals surface area contributed by atoms with Crippen LogP contribution in [0.15, 0.2) is 36.4 Å². The molecular weight excluding hydrogens is 371 g/mol. The number of ether oxygens (including phenoxy) is 2. The molecule has 7 heteroatoms. The van der Waals surface area contributed by atoms with Crippen molar-refractivity contribution < 1.29 is 18.7 Å². The second-order valence-corrected chi connectivity index (χ2v) is 6.90. The van der Waals surface area contributed by atoms with Crippen LogP contribution in [0.5, 0.6) is 5.75 Å². The Hall–Kier alpha value is -2.15. The summed E-state index contributed by atoms with van der Waals surface area (Å²) in [7, 11) is 1.53. The van der Waals surface area contributed by atoms with Gasteiger partial charge in [0.15, 0.2) is 0 Å². The van der Waals surface area contributed by atoms with Gasteiger partial charge in [0.2, 0.25) is 5.91 Å². The Balaban J connectivity index is 1.62. The highest BCUT2D eigenvalue weighted by molar-refractivity contribution is 6.31. The van der Waals surface area contributed by atoms with E-state index < -0.39 is 0 Å². The normalized spacial score (nSPS) is 17.6. The lowest BCUT2D eigenvalue weighted by molar-refractivity contribution is -0.119. The molecule has 2 aromatic rings.